The van der Waals surface area contributed by atoms with Crippen molar-refractivity contribution in [2.75, 3.05) is 13.6 Å². The molecule has 0 aromatic heterocycles. The molecule has 0 radical (unpaired) electrons. The van der Waals surface area contributed by atoms with Crippen molar-refractivity contribution in [1.82, 2.24) is 4.90 Å². The zero-order valence-corrected chi connectivity index (χ0v) is 9.36. The predicted molar refractivity (Wildman–Crippen MR) is 56.2 cm³/mol. The van der Waals surface area contributed by atoms with Gasteiger partial charge < -0.3 is 5.11 Å². The highest BCUT2D eigenvalue weighted by molar-refractivity contribution is 5.73. The number of carboxylic acid groups (broad SMARTS) is 1. The van der Waals surface area contributed by atoms with Gasteiger partial charge in [-0.25, -0.2) is 0 Å². The molecule has 1 N–H and O–H groups in total. The van der Waals surface area contributed by atoms with Gasteiger partial charge in [-0.1, -0.05) is 6.92 Å². The molecule has 0 aromatic rings. The third-order valence-electron chi connectivity index (χ3n) is 3.20. The second kappa shape index (κ2) is 4.63. The van der Waals surface area contributed by atoms with Crippen LogP contribution in [0.15, 0.2) is 0 Å². The van der Waals surface area contributed by atoms with Gasteiger partial charge in [-0.15, -0.1) is 0 Å². The van der Waals surface area contributed by atoms with Crippen molar-refractivity contribution in [2.24, 2.45) is 5.41 Å². The minimum Gasteiger partial charge on any atom is -0.480 e. The lowest BCUT2D eigenvalue weighted by Gasteiger charge is -2.27. The molecule has 1 aliphatic rings. The molecule has 0 aliphatic heterocycles. The predicted octanol–water partition coefficient (Wildman–Crippen LogP) is 1.48. The Bertz CT molecular complexity index is 279. The Labute approximate surface area is 90.5 Å². The van der Waals surface area contributed by atoms with E-state index in [0.717, 1.165) is 19.4 Å². The fourth-order valence-corrected chi connectivity index (χ4v) is 2.05. The normalized spacial score (nSPS) is 19.6. The van der Waals surface area contributed by atoms with E-state index in [4.69, 9.17) is 10.4 Å². The van der Waals surface area contributed by atoms with Crippen LogP contribution in [-0.2, 0) is 4.79 Å². The summed E-state index contributed by atoms with van der Waals surface area (Å²) in [5.41, 5.74) is 0.0897. The summed E-state index contributed by atoms with van der Waals surface area (Å²) in [4.78, 5) is 12.8. The van der Waals surface area contributed by atoms with Crippen molar-refractivity contribution in [1.29, 1.82) is 5.26 Å². The highest BCUT2D eigenvalue weighted by Gasteiger charge is 2.44. The molecule has 1 saturated carbocycles. The first-order chi connectivity index (χ1) is 7.04. The van der Waals surface area contributed by atoms with E-state index in [2.05, 4.69) is 6.07 Å². The van der Waals surface area contributed by atoms with Crippen molar-refractivity contribution in [3.05, 3.63) is 0 Å². The van der Waals surface area contributed by atoms with E-state index in [-0.39, 0.29) is 5.41 Å². The lowest BCUT2D eigenvalue weighted by atomic mass is 10.0. The van der Waals surface area contributed by atoms with E-state index in [1.807, 2.05) is 18.9 Å². The first kappa shape index (κ1) is 12.0. The van der Waals surface area contributed by atoms with E-state index >= 15 is 0 Å². The molecule has 84 valence electrons. The number of carbonyl (C=O) groups is 1. The topological polar surface area (TPSA) is 64.3 Å². The van der Waals surface area contributed by atoms with Gasteiger partial charge in [0.1, 0.15) is 6.04 Å². The molecule has 1 aliphatic carbocycles. The number of nitrogens with zero attached hydrogens (tertiary/aromatic N) is 2. The molecule has 0 heterocycles. The van der Waals surface area contributed by atoms with Crippen molar-refractivity contribution >= 4 is 5.97 Å². The second-order valence-electron chi connectivity index (χ2n) is 4.51. The number of hydrogen-bond acceptors (Lipinski definition) is 3. The molecule has 1 atom stereocenters. The van der Waals surface area contributed by atoms with Crippen LogP contribution in [0, 0.1) is 16.7 Å². The maximum atomic E-state index is 10.9. The summed E-state index contributed by atoms with van der Waals surface area (Å²) in [6.45, 7) is 2.60. The lowest BCUT2D eigenvalue weighted by Crippen LogP contribution is -2.41. The van der Waals surface area contributed by atoms with Crippen molar-refractivity contribution in [3.8, 4) is 6.07 Å². The Hall–Kier alpha value is -1.08. The standard InChI is InChI=1S/C11H18N2O2/c1-3-9(10(14)15)13(2)8-11(4-5-11)6-7-12/h9H,3-6,8H2,1-2H3,(H,14,15). The summed E-state index contributed by atoms with van der Waals surface area (Å²) in [5, 5.41) is 17.7. The van der Waals surface area contributed by atoms with Crippen LogP contribution in [0.2, 0.25) is 0 Å². The fourth-order valence-electron chi connectivity index (χ4n) is 2.05. The first-order valence-corrected chi connectivity index (χ1v) is 5.34. The Morgan fingerprint density at radius 2 is 2.27 bits per heavy atom. The lowest BCUT2D eigenvalue weighted by molar-refractivity contribution is -0.143. The summed E-state index contributed by atoms with van der Waals surface area (Å²) in [6.07, 6.45) is 3.27. The van der Waals surface area contributed by atoms with E-state index < -0.39 is 12.0 Å². The Morgan fingerprint density at radius 3 is 2.60 bits per heavy atom. The summed E-state index contributed by atoms with van der Waals surface area (Å²) in [7, 11) is 1.83. The van der Waals surface area contributed by atoms with E-state index in [1.165, 1.54) is 0 Å². The van der Waals surface area contributed by atoms with Gasteiger partial charge in [-0.2, -0.15) is 5.26 Å². The number of carboxylic acids is 1. The summed E-state index contributed by atoms with van der Waals surface area (Å²) in [5.74, 6) is -0.771. The number of rotatable bonds is 6. The quantitative estimate of drug-likeness (QED) is 0.721. The number of likely N-dealkylation sites (N-methyl/N-ethyl adjacent to an activating group) is 1. The van der Waals surface area contributed by atoms with E-state index in [9.17, 15) is 4.79 Å². The molecular weight excluding hydrogens is 192 g/mol. The molecule has 4 heteroatoms. The maximum absolute atomic E-state index is 10.9. The molecule has 0 amide bonds. The molecule has 0 aromatic carbocycles. The maximum Gasteiger partial charge on any atom is 0.320 e. The molecule has 15 heavy (non-hydrogen) atoms. The number of nitriles is 1. The SMILES string of the molecule is CCC(C(=O)O)N(C)CC1(CC#N)CC1. The van der Waals surface area contributed by atoms with Crippen LogP contribution < -0.4 is 0 Å². The fraction of sp³-hybridized carbons (Fsp3) is 0.818. The first-order valence-electron chi connectivity index (χ1n) is 5.34. The van der Waals surface area contributed by atoms with Crippen LogP contribution in [0.5, 0.6) is 0 Å². The Balaban J connectivity index is 2.51. The Morgan fingerprint density at radius 1 is 1.67 bits per heavy atom. The van der Waals surface area contributed by atoms with Crippen LogP contribution in [0.1, 0.15) is 32.6 Å². The zero-order chi connectivity index (χ0) is 11.5. The van der Waals surface area contributed by atoms with Gasteiger partial charge in [0.25, 0.3) is 0 Å². The summed E-state index contributed by atoms with van der Waals surface area (Å²) < 4.78 is 0. The van der Waals surface area contributed by atoms with E-state index in [0.29, 0.717) is 12.8 Å². The van der Waals surface area contributed by atoms with Crippen LogP contribution in [0.3, 0.4) is 0 Å². The molecule has 1 unspecified atom stereocenters. The average molecular weight is 210 g/mol. The van der Waals surface area contributed by atoms with E-state index in [1.54, 1.807) is 0 Å². The van der Waals surface area contributed by atoms with Gasteiger partial charge in [0, 0.05) is 13.0 Å². The minimum atomic E-state index is -0.771. The van der Waals surface area contributed by atoms with Gasteiger partial charge >= 0.3 is 5.97 Å². The number of hydrogen-bond donors (Lipinski definition) is 1. The summed E-state index contributed by atoms with van der Waals surface area (Å²) >= 11 is 0. The van der Waals surface area contributed by atoms with Crippen molar-refractivity contribution in [2.45, 2.75) is 38.6 Å². The highest BCUT2D eigenvalue weighted by atomic mass is 16.4. The molecule has 0 bridgehead atoms. The van der Waals surface area contributed by atoms with Crippen LogP contribution >= 0.6 is 0 Å². The zero-order valence-electron chi connectivity index (χ0n) is 9.36. The van der Waals surface area contributed by atoms with Crippen molar-refractivity contribution < 1.29 is 9.90 Å². The molecule has 4 nitrogen and oxygen atoms in total. The third-order valence-corrected chi connectivity index (χ3v) is 3.20. The van der Waals surface area contributed by atoms with Gasteiger partial charge in [-0.3, -0.25) is 9.69 Å². The summed E-state index contributed by atoms with van der Waals surface area (Å²) in [6, 6.07) is 1.77. The molecule has 1 fully saturated rings. The van der Waals surface area contributed by atoms with Gasteiger partial charge in [0.2, 0.25) is 0 Å². The van der Waals surface area contributed by atoms with Gasteiger partial charge in [0.15, 0.2) is 0 Å². The highest BCUT2D eigenvalue weighted by Crippen LogP contribution is 2.49. The van der Waals surface area contributed by atoms with Gasteiger partial charge in [-0.05, 0) is 31.7 Å². The third kappa shape index (κ3) is 2.93. The molecule has 0 spiro atoms. The molecule has 0 saturated heterocycles. The van der Waals surface area contributed by atoms with Crippen molar-refractivity contribution in [3.63, 3.8) is 0 Å². The monoisotopic (exact) mass is 210 g/mol. The minimum absolute atomic E-state index is 0.0897. The van der Waals surface area contributed by atoms with Crippen LogP contribution in [-0.4, -0.2) is 35.6 Å². The van der Waals surface area contributed by atoms with Crippen LogP contribution in [0.4, 0.5) is 0 Å². The molecule has 1 rings (SSSR count). The number of aliphatic carboxylic acids is 1. The average Bonchev–Trinajstić information content (AvgIpc) is 2.85. The largest absolute Gasteiger partial charge is 0.480 e. The Kier molecular flexibility index (Phi) is 3.70. The van der Waals surface area contributed by atoms with Crippen LogP contribution in [0.25, 0.3) is 0 Å². The second-order valence-corrected chi connectivity index (χ2v) is 4.51. The van der Waals surface area contributed by atoms with Gasteiger partial charge in [0.05, 0.1) is 6.07 Å². The molecular formula is C11H18N2O2. The smallest absolute Gasteiger partial charge is 0.320 e.